The minimum atomic E-state index is -0.319. The molecule has 2 aromatic carbocycles. The molecule has 0 unspecified atom stereocenters. The van der Waals surface area contributed by atoms with Crippen molar-refractivity contribution < 1.29 is 9.18 Å². The fourth-order valence-electron chi connectivity index (χ4n) is 3.46. The molecule has 1 amide bonds. The van der Waals surface area contributed by atoms with Crippen molar-refractivity contribution in [2.45, 2.75) is 38.3 Å². The zero-order valence-electron chi connectivity index (χ0n) is 15.8. The first-order valence-corrected chi connectivity index (χ1v) is 9.52. The van der Waals surface area contributed by atoms with Crippen molar-refractivity contribution in [2.24, 2.45) is 0 Å². The molecular formula is C22H22FN3O2. The molecule has 5 nitrogen and oxygen atoms in total. The maximum absolute atomic E-state index is 13.8. The van der Waals surface area contributed by atoms with Gasteiger partial charge in [-0.25, -0.2) is 9.37 Å². The molecular weight excluding hydrogens is 357 g/mol. The molecule has 0 atom stereocenters. The van der Waals surface area contributed by atoms with Crippen molar-refractivity contribution in [3.63, 3.8) is 0 Å². The minimum absolute atomic E-state index is 0.0322. The highest BCUT2D eigenvalue weighted by Gasteiger charge is 2.28. The molecule has 1 aliphatic rings. The van der Waals surface area contributed by atoms with Gasteiger partial charge in [0.15, 0.2) is 0 Å². The van der Waals surface area contributed by atoms with Gasteiger partial charge in [-0.05, 0) is 31.0 Å². The average molecular weight is 379 g/mol. The second-order valence-corrected chi connectivity index (χ2v) is 7.29. The van der Waals surface area contributed by atoms with Gasteiger partial charge in [-0.1, -0.05) is 30.3 Å². The summed E-state index contributed by atoms with van der Waals surface area (Å²) in [6, 6.07) is 13.9. The number of amides is 1. The first kappa shape index (κ1) is 18.3. The second-order valence-electron chi connectivity index (χ2n) is 7.29. The largest absolute Gasteiger partial charge is 0.341 e. The third kappa shape index (κ3) is 3.67. The molecule has 1 fully saturated rings. The smallest absolute Gasteiger partial charge is 0.261 e. The third-order valence-corrected chi connectivity index (χ3v) is 5.15. The number of benzene rings is 2. The van der Waals surface area contributed by atoms with Crippen LogP contribution in [0.25, 0.3) is 10.9 Å². The normalized spacial score (nSPS) is 13.6. The average Bonchev–Trinajstić information content (AvgIpc) is 3.53. The molecule has 0 saturated heterocycles. The summed E-state index contributed by atoms with van der Waals surface area (Å²) in [5.41, 5.74) is 1.11. The van der Waals surface area contributed by atoms with Gasteiger partial charge in [0.05, 0.1) is 10.9 Å². The van der Waals surface area contributed by atoms with Crippen LogP contribution in [0.4, 0.5) is 4.39 Å². The van der Waals surface area contributed by atoms with Gasteiger partial charge < -0.3 is 4.90 Å². The third-order valence-electron chi connectivity index (χ3n) is 5.15. The molecule has 1 saturated carbocycles. The van der Waals surface area contributed by atoms with E-state index in [-0.39, 0.29) is 36.3 Å². The first-order valence-electron chi connectivity index (χ1n) is 9.52. The maximum atomic E-state index is 13.8. The molecule has 0 spiro atoms. The first-order chi connectivity index (χ1) is 13.5. The predicted octanol–water partition coefficient (Wildman–Crippen LogP) is 3.46. The maximum Gasteiger partial charge on any atom is 0.261 e. The molecule has 28 heavy (non-hydrogen) atoms. The number of rotatable bonds is 6. The molecule has 0 aliphatic heterocycles. The Morgan fingerprint density at radius 2 is 1.89 bits per heavy atom. The summed E-state index contributed by atoms with van der Waals surface area (Å²) >= 11 is 0. The molecule has 1 aromatic heterocycles. The van der Waals surface area contributed by atoms with Crippen molar-refractivity contribution in [3.8, 4) is 0 Å². The highest BCUT2D eigenvalue weighted by molar-refractivity contribution is 5.78. The Hall–Kier alpha value is -3.02. The number of para-hydroxylation sites is 1. The highest BCUT2D eigenvalue weighted by atomic mass is 19.1. The lowest BCUT2D eigenvalue weighted by atomic mass is 10.2. The van der Waals surface area contributed by atoms with Crippen LogP contribution in [0.15, 0.2) is 53.3 Å². The van der Waals surface area contributed by atoms with E-state index in [0.29, 0.717) is 28.7 Å². The SMILES string of the molecule is CN(Cc1ccccc1F)C(=O)CCc1nc2ccccc2c(=O)n1C1CC1. The second kappa shape index (κ2) is 7.54. The van der Waals surface area contributed by atoms with Gasteiger partial charge in [0.25, 0.3) is 5.56 Å². The standard InChI is InChI=1S/C22H22FN3O2/c1-25(14-15-6-2-4-8-18(15)23)21(27)13-12-20-24-19-9-5-3-7-17(19)22(28)26(20)16-10-11-16/h2-9,16H,10-14H2,1H3. The van der Waals surface area contributed by atoms with Crippen LogP contribution < -0.4 is 5.56 Å². The predicted molar refractivity (Wildman–Crippen MR) is 105 cm³/mol. The van der Waals surface area contributed by atoms with Crippen LogP contribution in [-0.4, -0.2) is 27.4 Å². The summed E-state index contributed by atoms with van der Waals surface area (Å²) < 4.78 is 15.6. The summed E-state index contributed by atoms with van der Waals surface area (Å²) in [5, 5.41) is 0.612. The van der Waals surface area contributed by atoms with Crippen molar-refractivity contribution in [1.29, 1.82) is 0 Å². The van der Waals surface area contributed by atoms with E-state index in [1.807, 2.05) is 18.2 Å². The summed E-state index contributed by atoms with van der Waals surface area (Å²) in [5.74, 6) is 0.229. The molecule has 1 aliphatic carbocycles. The van der Waals surface area contributed by atoms with Crippen molar-refractivity contribution in [3.05, 3.63) is 76.1 Å². The Morgan fingerprint density at radius 3 is 2.64 bits per heavy atom. The van der Waals surface area contributed by atoms with E-state index in [0.717, 1.165) is 12.8 Å². The number of nitrogens with zero attached hydrogens (tertiary/aromatic N) is 3. The quantitative estimate of drug-likeness (QED) is 0.659. The molecule has 3 aromatic rings. The molecule has 0 N–H and O–H groups in total. The van der Waals surface area contributed by atoms with Gasteiger partial charge in [-0.3, -0.25) is 14.2 Å². The number of carbonyl (C=O) groups excluding carboxylic acids is 1. The van der Waals surface area contributed by atoms with E-state index in [1.54, 1.807) is 35.9 Å². The van der Waals surface area contributed by atoms with Crippen LogP contribution in [0, 0.1) is 5.82 Å². The number of carbonyl (C=O) groups is 1. The van der Waals surface area contributed by atoms with Gasteiger partial charge in [0, 0.05) is 38.0 Å². The zero-order chi connectivity index (χ0) is 19.7. The molecule has 4 rings (SSSR count). The zero-order valence-corrected chi connectivity index (χ0v) is 15.8. The van der Waals surface area contributed by atoms with Gasteiger partial charge in [-0.2, -0.15) is 0 Å². The van der Waals surface area contributed by atoms with Gasteiger partial charge >= 0.3 is 0 Å². The van der Waals surface area contributed by atoms with Crippen molar-refractivity contribution in [1.82, 2.24) is 14.5 Å². The molecule has 1 heterocycles. The number of hydrogen-bond acceptors (Lipinski definition) is 3. The van der Waals surface area contributed by atoms with Crippen LogP contribution in [0.5, 0.6) is 0 Å². The van der Waals surface area contributed by atoms with Crippen molar-refractivity contribution in [2.75, 3.05) is 7.05 Å². The van der Waals surface area contributed by atoms with Crippen LogP contribution in [-0.2, 0) is 17.8 Å². The van der Waals surface area contributed by atoms with E-state index in [4.69, 9.17) is 0 Å². The van der Waals surface area contributed by atoms with Crippen LogP contribution in [0.1, 0.15) is 36.7 Å². The lowest BCUT2D eigenvalue weighted by Crippen LogP contribution is -2.29. The lowest BCUT2D eigenvalue weighted by Gasteiger charge is -2.18. The fourth-order valence-corrected chi connectivity index (χ4v) is 3.46. The van der Waals surface area contributed by atoms with E-state index >= 15 is 0 Å². The number of hydrogen-bond donors (Lipinski definition) is 0. The molecule has 144 valence electrons. The summed E-state index contributed by atoms with van der Waals surface area (Å²) in [6.07, 6.45) is 2.54. The molecule has 6 heteroatoms. The Bertz CT molecular complexity index is 1090. The monoisotopic (exact) mass is 379 g/mol. The van der Waals surface area contributed by atoms with E-state index in [1.165, 1.54) is 11.0 Å². The van der Waals surface area contributed by atoms with E-state index in [9.17, 15) is 14.0 Å². The van der Waals surface area contributed by atoms with Gasteiger partial charge in [0.1, 0.15) is 11.6 Å². The minimum Gasteiger partial charge on any atom is -0.341 e. The van der Waals surface area contributed by atoms with Gasteiger partial charge in [-0.15, -0.1) is 0 Å². The molecule has 0 bridgehead atoms. The summed E-state index contributed by atoms with van der Waals surface area (Å²) in [6.45, 7) is 0.214. The van der Waals surface area contributed by atoms with Crippen molar-refractivity contribution >= 4 is 16.8 Å². The van der Waals surface area contributed by atoms with E-state index < -0.39 is 0 Å². The van der Waals surface area contributed by atoms with Gasteiger partial charge in [0.2, 0.25) is 5.91 Å². The van der Waals surface area contributed by atoms with Crippen LogP contribution >= 0.6 is 0 Å². The summed E-state index contributed by atoms with van der Waals surface area (Å²) in [4.78, 5) is 31.6. The topological polar surface area (TPSA) is 55.2 Å². The number of aromatic nitrogens is 2. The highest BCUT2D eigenvalue weighted by Crippen LogP contribution is 2.34. The Labute approximate surface area is 162 Å². The lowest BCUT2D eigenvalue weighted by molar-refractivity contribution is -0.130. The fraction of sp³-hybridized carbons (Fsp3) is 0.318. The summed E-state index contributed by atoms with van der Waals surface area (Å²) in [7, 11) is 1.66. The van der Waals surface area contributed by atoms with Crippen LogP contribution in [0.2, 0.25) is 0 Å². The Morgan fingerprint density at radius 1 is 1.18 bits per heavy atom. The number of fused-ring (bicyclic) bond motifs is 1. The van der Waals surface area contributed by atoms with Crippen LogP contribution in [0.3, 0.4) is 0 Å². The Balaban J connectivity index is 1.52. The Kier molecular flexibility index (Phi) is 4.94. The number of halogens is 1. The number of aryl methyl sites for hydroxylation is 1. The van der Waals surface area contributed by atoms with E-state index in [2.05, 4.69) is 4.98 Å². The molecule has 0 radical (unpaired) electrons.